The van der Waals surface area contributed by atoms with Crippen LogP contribution in [0.2, 0.25) is 0 Å². The van der Waals surface area contributed by atoms with Crippen molar-refractivity contribution in [1.82, 2.24) is 19.6 Å². The molecule has 0 bridgehead atoms. The number of nitrogens with zero attached hydrogens (tertiary/aromatic N) is 4. The van der Waals surface area contributed by atoms with Crippen LogP contribution in [0.1, 0.15) is 0 Å². The van der Waals surface area contributed by atoms with Crippen LogP contribution in [0.5, 0.6) is 0 Å². The van der Waals surface area contributed by atoms with E-state index in [9.17, 15) is 9.59 Å². The van der Waals surface area contributed by atoms with E-state index in [0.29, 0.717) is 0 Å². The Labute approximate surface area is 142 Å². The molecule has 2 aliphatic heterocycles. The molecule has 9 heteroatoms. The van der Waals surface area contributed by atoms with E-state index in [1.807, 2.05) is 14.1 Å². The minimum absolute atomic E-state index is 0. The second-order valence-electron chi connectivity index (χ2n) is 5.09. The van der Waals surface area contributed by atoms with Gasteiger partial charge in [-0.2, -0.15) is 0 Å². The highest BCUT2D eigenvalue weighted by molar-refractivity contribution is 6.63. The smallest absolute Gasteiger partial charge is 0.316 e. The number of carbonyl (C=O) groups is 2. The highest BCUT2D eigenvalue weighted by atomic mass is 35.5. The minimum Gasteiger partial charge on any atom is -0.327 e. The van der Waals surface area contributed by atoms with Crippen LogP contribution in [0.25, 0.3) is 0 Å². The van der Waals surface area contributed by atoms with Crippen molar-refractivity contribution in [3.05, 3.63) is 0 Å². The zero-order valence-corrected chi connectivity index (χ0v) is 14.8. The Balaban J connectivity index is 0.000000364. The molecule has 0 aromatic carbocycles. The molecule has 0 saturated carbocycles. The van der Waals surface area contributed by atoms with E-state index >= 15 is 0 Å². The van der Waals surface area contributed by atoms with Gasteiger partial charge >= 0.3 is 10.7 Å². The van der Waals surface area contributed by atoms with Gasteiger partial charge in [-0.3, -0.25) is 9.59 Å². The van der Waals surface area contributed by atoms with Crippen LogP contribution in [0.3, 0.4) is 0 Å². The molecule has 0 spiro atoms. The maximum absolute atomic E-state index is 10.6. The summed E-state index contributed by atoms with van der Waals surface area (Å²) in [7, 11) is 4.08. The van der Waals surface area contributed by atoms with Crippen molar-refractivity contribution in [3.8, 4) is 0 Å². The van der Waals surface area contributed by atoms with Crippen molar-refractivity contribution in [2.75, 3.05) is 66.5 Å². The summed E-state index contributed by atoms with van der Waals surface area (Å²) in [6.45, 7) is 6.77. The molecular weight excluding hydrogens is 339 g/mol. The lowest BCUT2D eigenvalue weighted by Crippen LogP contribution is -2.45. The molecule has 2 amide bonds. The first-order valence-electron chi connectivity index (χ1n) is 6.66. The van der Waals surface area contributed by atoms with E-state index in [1.54, 1.807) is 9.80 Å². The molecule has 0 atom stereocenters. The van der Waals surface area contributed by atoms with E-state index in [0.717, 1.165) is 52.4 Å². The summed E-state index contributed by atoms with van der Waals surface area (Å²) < 4.78 is 0. The standard InChI is InChI=1S/2C6H11ClN2O.ClH/c2*1-8-2-4-9(5-3-8)6(7)10;/h2*2-5H2,1H3;1H. The number of likely N-dealkylation sites (N-methyl/N-ethyl adjacent to an activating group) is 2. The highest BCUT2D eigenvalue weighted by Gasteiger charge is 2.17. The van der Waals surface area contributed by atoms with Gasteiger partial charge in [-0.1, -0.05) is 0 Å². The number of halogens is 3. The second-order valence-corrected chi connectivity index (χ2v) is 5.73. The van der Waals surface area contributed by atoms with Crippen molar-refractivity contribution >= 4 is 46.3 Å². The molecule has 2 rings (SSSR count). The third-order valence-electron chi connectivity index (χ3n) is 3.50. The van der Waals surface area contributed by atoms with E-state index in [-0.39, 0.29) is 23.1 Å². The minimum atomic E-state index is -0.326. The first-order valence-corrected chi connectivity index (χ1v) is 7.41. The maximum atomic E-state index is 10.6. The van der Waals surface area contributed by atoms with Crippen LogP contribution in [-0.2, 0) is 0 Å². The normalized spacial score (nSPS) is 20.2. The zero-order valence-electron chi connectivity index (χ0n) is 12.4. The Morgan fingerprint density at radius 1 is 0.667 bits per heavy atom. The average molecular weight is 362 g/mol. The predicted octanol–water partition coefficient (Wildman–Crippen LogP) is 1.61. The Kier molecular flexibility index (Phi) is 10.3. The fraction of sp³-hybridized carbons (Fsp3) is 0.833. The van der Waals surface area contributed by atoms with Crippen LogP contribution in [-0.4, -0.2) is 96.8 Å². The zero-order chi connectivity index (χ0) is 15.1. The fourth-order valence-electron chi connectivity index (χ4n) is 1.96. The molecule has 0 N–H and O–H groups in total. The number of hydrogen-bond donors (Lipinski definition) is 0. The summed E-state index contributed by atoms with van der Waals surface area (Å²) in [5, 5.41) is -0.652. The van der Waals surface area contributed by atoms with Gasteiger partial charge in [-0.15, -0.1) is 12.4 Å². The maximum Gasteiger partial charge on any atom is 0.316 e. The number of amides is 2. The van der Waals surface area contributed by atoms with Gasteiger partial charge in [0, 0.05) is 52.4 Å². The van der Waals surface area contributed by atoms with Crippen LogP contribution in [0, 0.1) is 0 Å². The first kappa shape index (κ1) is 20.7. The Bertz CT molecular complexity index is 298. The van der Waals surface area contributed by atoms with Crippen LogP contribution < -0.4 is 0 Å². The molecule has 2 fully saturated rings. The van der Waals surface area contributed by atoms with Crippen LogP contribution >= 0.6 is 35.6 Å². The molecule has 21 heavy (non-hydrogen) atoms. The summed E-state index contributed by atoms with van der Waals surface area (Å²) in [5.74, 6) is 0. The third kappa shape index (κ3) is 8.07. The van der Waals surface area contributed by atoms with Gasteiger partial charge in [0.25, 0.3) is 0 Å². The van der Waals surface area contributed by atoms with E-state index < -0.39 is 0 Å². The van der Waals surface area contributed by atoms with Gasteiger partial charge in [0.05, 0.1) is 0 Å². The van der Waals surface area contributed by atoms with Gasteiger partial charge in [0.15, 0.2) is 0 Å². The molecule has 0 aliphatic carbocycles. The third-order valence-corrected chi connectivity index (χ3v) is 3.98. The van der Waals surface area contributed by atoms with Gasteiger partial charge in [-0.25, -0.2) is 0 Å². The van der Waals surface area contributed by atoms with Gasteiger partial charge < -0.3 is 19.6 Å². The summed E-state index contributed by atoms with van der Waals surface area (Å²) in [5.41, 5.74) is 0. The topological polar surface area (TPSA) is 47.1 Å². The Hall–Kier alpha value is -0.270. The van der Waals surface area contributed by atoms with Crippen molar-refractivity contribution in [3.63, 3.8) is 0 Å². The molecule has 2 saturated heterocycles. The fourth-order valence-corrected chi connectivity index (χ4v) is 2.30. The van der Waals surface area contributed by atoms with Crippen molar-refractivity contribution < 1.29 is 9.59 Å². The van der Waals surface area contributed by atoms with E-state index in [2.05, 4.69) is 9.80 Å². The van der Waals surface area contributed by atoms with Crippen LogP contribution in [0.4, 0.5) is 9.59 Å². The first-order chi connectivity index (χ1) is 9.40. The van der Waals surface area contributed by atoms with Gasteiger partial charge in [0.2, 0.25) is 0 Å². The van der Waals surface area contributed by atoms with E-state index in [1.165, 1.54) is 0 Å². The lowest BCUT2D eigenvalue weighted by Gasteiger charge is -2.30. The molecule has 0 aromatic rings. The number of hydrogen-bond acceptors (Lipinski definition) is 4. The lowest BCUT2D eigenvalue weighted by atomic mass is 10.4. The second kappa shape index (κ2) is 10.5. The molecule has 124 valence electrons. The van der Waals surface area contributed by atoms with Gasteiger partial charge in [0.1, 0.15) is 0 Å². The highest BCUT2D eigenvalue weighted by Crippen LogP contribution is 2.02. The summed E-state index contributed by atoms with van der Waals surface area (Å²) in [6.07, 6.45) is 0. The summed E-state index contributed by atoms with van der Waals surface area (Å²) in [6, 6.07) is 0. The Morgan fingerprint density at radius 2 is 0.905 bits per heavy atom. The van der Waals surface area contributed by atoms with Crippen molar-refractivity contribution in [1.29, 1.82) is 0 Å². The summed E-state index contributed by atoms with van der Waals surface area (Å²) in [4.78, 5) is 28.8. The molecule has 0 aromatic heterocycles. The van der Waals surface area contributed by atoms with E-state index in [4.69, 9.17) is 23.2 Å². The lowest BCUT2D eigenvalue weighted by molar-refractivity contribution is 0.171. The number of piperazine rings is 2. The monoisotopic (exact) mass is 360 g/mol. The molecular formula is C12H23Cl3N4O2. The molecule has 6 nitrogen and oxygen atoms in total. The van der Waals surface area contributed by atoms with Crippen molar-refractivity contribution in [2.45, 2.75) is 0 Å². The molecule has 2 heterocycles. The molecule has 2 aliphatic rings. The van der Waals surface area contributed by atoms with Gasteiger partial charge in [-0.05, 0) is 37.3 Å². The number of rotatable bonds is 0. The summed E-state index contributed by atoms with van der Waals surface area (Å²) >= 11 is 10.5. The quantitative estimate of drug-likeness (QED) is 0.486. The molecule has 0 radical (unpaired) electrons. The van der Waals surface area contributed by atoms with Crippen LogP contribution in [0.15, 0.2) is 0 Å². The Morgan fingerprint density at radius 3 is 1.10 bits per heavy atom. The SMILES string of the molecule is CN1CCN(C(=O)Cl)CC1.CN1CCN(C(=O)Cl)CC1.Cl. The largest absolute Gasteiger partial charge is 0.327 e. The number of carbonyl (C=O) groups excluding carboxylic acids is 2. The van der Waals surface area contributed by atoms with Crippen molar-refractivity contribution in [2.24, 2.45) is 0 Å². The average Bonchev–Trinajstić information content (AvgIpc) is 2.40. The molecule has 0 unspecified atom stereocenters. The predicted molar refractivity (Wildman–Crippen MR) is 87.9 cm³/mol.